The lowest BCUT2D eigenvalue weighted by Gasteiger charge is -2.09. The fourth-order valence-corrected chi connectivity index (χ4v) is 2.27. The molecule has 0 atom stereocenters. The van der Waals surface area contributed by atoms with Crippen molar-refractivity contribution in [1.29, 1.82) is 0 Å². The van der Waals surface area contributed by atoms with E-state index in [0.29, 0.717) is 28.5 Å². The summed E-state index contributed by atoms with van der Waals surface area (Å²) in [6.45, 7) is 0. The van der Waals surface area contributed by atoms with E-state index in [1.54, 1.807) is 73.8 Å². The Morgan fingerprint density at radius 1 is 0.880 bits per heavy atom. The maximum atomic E-state index is 12.3. The first-order valence-corrected chi connectivity index (χ1v) is 7.66. The molecule has 2 N–H and O–H groups in total. The molecule has 5 heteroatoms. The Hall–Kier alpha value is -3.47. The summed E-state index contributed by atoms with van der Waals surface area (Å²) in [7, 11) is 1.58. The minimum atomic E-state index is -0.225. The molecule has 0 saturated heterocycles. The van der Waals surface area contributed by atoms with E-state index in [2.05, 4.69) is 5.32 Å². The highest BCUT2D eigenvalue weighted by molar-refractivity contribution is 6.04. The molecule has 25 heavy (non-hydrogen) atoms. The summed E-state index contributed by atoms with van der Waals surface area (Å²) in [6.07, 6.45) is 0. The fourth-order valence-electron chi connectivity index (χ4n) is 2.27. The van der Waals surface area contributed by atoms with Crippen molar-refractivity contribution < 1.29 is 19.4 Å². The molecule has 3 aromatic carbocycles. The van der Waals surface area contributed by atoms with Gasteiger partial charge in [-0.15, -0.1) is 0 Å². The monoisotopic (exact) mass is 335 g/mol. The number of hydrogen-bond acceptors (Lipinski definition) is 4. The van der Waals surface area contributed by atoms with Gasteiger partial charge in [-0.05, 0) is 48.5 Å². The van der Waals surface area contributed by atoms with Gasteiger partial charge in [-0.25, -0.2) is 0 Å². The number of amides is 1. The first kappa shape index (κ1) is 16.4. The molecule has 0 aliphatic heterocycles. The van der Waals surface area contributed by atoms with Crippen molar-refractivity contribution in [1.82, 2.24) is 0 Å². The molecule has 0 unspecified atom stereocenters. The number of ether oxygens (including phenoxy) is 2. The molecular formula is C20H17NO4. The molecule has 0 heterocycles. The largest absolute Gasteiger partial charge is 0.508 e. The Balaban J connectivity index is 1.71. The molecule has 0 spiro atoms. The van der Waals surface area contributed by atoms with E-state index in [4.69, 9.17) is 9.47 Å². The average molecular weight is 335 g/mol. The van der Waals surface area contributed by atoms with E-state index >= 15 is 0 Å². The molecule has 0 bridgehead atoms. The van der Waals surface area contributed by atoms with Crippen LogP contribution in [0.4, 0.5) is 5.69 Å². The minimum Gasteiger partial charge on any atom is -0.508 e. The van der Waals surface area contributed by atoms with Gasteiger partial charge >= 0.3 is 0 Å². The van der Waals surface area contributed by atoms with Crippen LogP contribution in [-0.2, 0) is 0 Å². The first-order valence-electron chi connectivity index (χ1n) is 7.66. The van der Waals surface area contributed by atoms with Gasteiger partial charge in [-0.2, -0.15) is 0 Å². The molecule has 0 radical (unpaired) electrons. The minimum absolute atomic E-state index is 0.126. The average Bonchev–Trinajstić information content (AvgIpc) is 2.62. The van der Waals surface area contributed by atoms with E-state index in [1.807, 2.05) is 0 Å². The van der Waals surface area contributed by atoms with Crippen LogP contribution in [-0.4, -0.2) is 18.1 Å². The summed E-state index contributed by atoms with van der Waals surface area (Å²) in [5.74, 6) is 1.66. The van der Waals surface area contributed by atoms with Crippen LogP contribution in [0.25, 0.3) is 0 Å². The van der Waals surface area contributed by atoms with Crippen molar-refractivity contribution >= 4 is 11.6 Å². The highest BCUT2D eigenvalue weighted by atomic mass is 16.5. The van der Waals surface area contributed by atoms with E-state index < -0.39 is 0 Å². The number of benzene rings is 3. The third kappa shape index (κ3) is 4.29. The zero-order valence-electron chi connectivity index (χ0n) is 13.6. The Morgan fingerprint density at radius 3 is 2.24 bits per heavy atom. The Bertz CT molecular complexity index is 875. The maximum Gasteiger partial charge on any atom is 0.255 e. The van der Waals surface area contributed by atoms with Crippen LogP contribution in [0.2, 0.25) is 0 Å². The number of carbonyl (C=O) groups excluding carboxylic acids is 1. The summed E-state index contributed by atoms with van der Waals surface area (Å²) in [5, 5.41) is 12.3. The van der Waals surface area contributed by atoms with Crippen molar-refractivity contribution in [2.24, 2.45) is 0 Å². The predicted octanol–water partition coefficient (Wildman–Crippen LogP) is 4.45. The normalized spacial score (nSPS) is 10.1. The SMILES string of the molecule is COc1ccc(C(=O)Nc2cccc(Oc3cccc(O)c3)c2)cc1. The number of carbonyl (C=O) groups is 1. The number of methoxy groups -OCH3 is 1. The summed E-state index contributed by atoms with van der Waals surface area (Å²) in [5.41, 5.74) is 1.14. The summed E-state index contributed by atoms with van der Waals surface area (Å²) in [4.78, 5) is 12.3. The van der Waals surface area contributed by atoms with Gasteiger partial charge in [0.25, 0.3) is 5.91 Å². The number of rotatable bonds is 5. The molecule has 0 aliphatic carbocycles. The highest BCUT2D eigenvalue weighted by Crippen LogP contribution is 2.26. The summed E-state index contributed by atoms with van der Waals surface area (Å²) < 4.78 is 10.8. The third-order valence-corrected chi connectivity index (χ3v) is 3.50. The van der Waals surface area contributed by atoms with Crippen molar-refractivity contribution in [2.75, 3.05) is 12.4 Å². The zero-order chi connectivity index (χ0) is 17.6. The summed E-state index contributed by atoms with van der Waals surface area (Å²) in [6, 6.07) is 20.4. The zero-order valence-corrected chi connectivity index (χ0v) is 13.6. The predicted molar refractivity (Wildman–Crippen MR) is 95.6 cm³/mol. The Morgan fingerprint density at radius 2 is 1.56 bits per heavy atom. The van der Waals surface area contributed by atoms with Gasteiger partial charge < -0.3 is 19.9 Å². The van der Waals surface area contributed by atoms with Gasteiger partial charge in [-0.1, -0.05) is 12.1 Å². The van der Waals surface area contributed by atoms with Crippen LogP contribution in [0.15, 0.2) is 72.8 Å². The van der Waals surface area contributed by atoms with Crippen LogP contribution in [0.1, 0.15) is 10.4 Å². The summed E-state index contributed by atoms with van der Waals surface area (Å²) >= 11 is 0. The van der Waals surface area contributed by atoms with Gasteiger partial charge in [0, 0.05) is 23.4 Å². The molecule has 0 fully saturated rings. The molecule has 0 aromatic heterocycles. The van der Waals surface area contributed by atoms with Gasteiger partial charge in [0.1, 0.15) is 23.0 Å². The van der Waals surface area contributed by atoms with Crippen molar-refractivity contribution in [3.05, 3.63) is 78.4 Å². The van der Waals surface area contributed by atoms with Gasteiger partial charge in [0.05, 0.1) is 7.11 Å². The smallest absolute Gasteiger partial charge is 0.255 e. The number of phenolic OH excluding ortho intramolecular Hbond substituents is 1. The van der Waals surface area contributed by atoms with Crippen LogP contribution in [0, 0.1) is 0 Å². The van der Waals surface area contributed by atoms with Gasteiger partial charge in [-0.3, -0.25) is 4.79 Å². The second-order valence-corrected chi connectivity index (χ2v) is 5.31. The molecular weight excluding hydrogens is 318 g/mol. The number of aromatic hydroxyl groups is 1. The second-order valence-electron chi connectivity index (χ2n) is 5.31. The Kier molecular flexibility index (Phi) is 4.85. The quantitative estimate of drug-likeness (QED) is 0.723. The highest BCUT2D eigenvalue weighted by Gasteiger charge is 2.07. The topological polar surface area (TPSA) is 67.8 Å². The van der Waals surface area contributed by atoms with E-state index in [1.165, 1.54) is 6.07 Å². The van der Waals surface area contributed by atoms with Crippen molar-refractivity contribution in [3.63, 3.8) is 0 Å². The number of nitrogens with one attached hydrogen (secondary N) is 1. The molecule has 3 aromatic rings. The van der Waals surface area contributed by atoms with Crippen molar-refractivity contribution in [3.8, 4) is 23.0 Å². The Labute approximate surface area is 145 Å². The van der Waals surface area contributed by atoms with E-state index in [-0.39, 0.29) is 11.7 Å². The maximum absolute atomic E-state index is 12.3. The molecule has 5 nitrogen and oxygen atoms in total. The standard InChI is InChI=1S/C20H17NO4/c1-24-17-10-8-14(9-11-17)20(23)21-15-4-2-6-18(12-15)25-19-7-3-5-16(22)13-19/h2-13,22H,1H3,(H,21,23). The van der Waals surface area contributed by atoms with Gasteiger partial charge in [0.15, 0.2) is 0 Å². The molecule has 1 amide bonds. The lowest BCUT2D eigenvalue weighted by Crippen LogP contribution is -2.11. The van der Waals surface area contributed by atoms with Crippen LogP contribution in [0.3, 0.4) is 0 Å². The lowest BCUT2D eigenvalue weighted by atomic mass is 10.2. The lowest BCUT2D eigenvalue weighted by molar-refractivity contribution is 0.102. The molecule has 0 aliphatic rings. The second kappa shape index (κ2) is 7.40. The first-order chi connectivity index (χ1) is 12.1. The van der Waals surface area contributed by atoms with E-state index in [0.717, 1.165) is 0 Å². The van der Waals surface area contributed by atoms with Crippen LogP contribution in [0.5, 0.6) is 23.0 Å². The third-order valence-electron chi connectivity index (χ3n) is 3.50. The van der Waals surface area contributed by atoms with E-state index in [9.17, 15) is 9.90 Å². The number of hydrogen-bond donors (Lipinski definition) is 2. The van der Waals surface area contributed by atoms with Crippen molar-refractivity contribution in [2.45, 2.75) is 0 Å². The van der Waals surface area contributed by atoms with Crippen LogP contribution >= 0.6 is 0 Å². The molecule has 0 saturated carbocycles. The molecule has 3 rings (SSSR count). The number of phenols is 1. The molecule has 126 valence electrons. The van der Waals surface area contributed by atoms with Gasteiger partial charge in [0.2, 0.25) is 0 Å². The fraction of sp³-hybridized carbons (Fsp3) is 0.0500. The van der Waals surface area contributed by atoms with Crippen LogP contribution < -0.4 is 14.8 Å². The number of anilines is 1.